The number of nitrogens with two attached hydrogens (primary N) is 1. The molecule has 1 aromatic rings. The number of nitrogen functional groups attached to an aromatic ring is 1. The van der Waals surface area contributed by atoms with Gasteiger partial charge in [-0.05, 0) is 25.7 Å². The summed E-state index contributed by atoms with van der Waals surface area (Å²) in [7, 11) is 1.77. The summed E-state index contributed by atoms with van der Waals surface area (Å²) in [6.07, 6.45) is 0.821. The highest BCUT2D eigenvalue weighted by atomic mass is 35.5. The Labute approximate surface area is 130 Å². The average Bonchev–Trinajstić information content (AvgIpc) is 2.22. The van der Waals surface area contributed by atoms with E-state index in [9.17, 15) is 10.1 Å². The molecular weight excluding hydrogens is 292 g/mol. The first-order chi connectivity index (χ1) is 9.35. The quantitative estimate of drug-likeness (QED) is 0.518. The summed E-state index contributed by atoms with van der Waals surface area (Å²) in [5.74, 6) is 0.194. The number of hydrogen-bond acceptors (Lipinski definition) is 5. The van der Waals surface area contributed by atoms with Gasteiger partial charge >= 0.3 is 5.69 Å². The molecule has 0 radical (unpaired) electrons. The molecule has 118 valence electrons. The monoisotopic (exact) mass is 314 g/mol. The number of anilines is 2. The van der Waals surface area contributed by atoms with Gasteiger partial charge < -0.3 is 10.6 Å². The topological polar surface area (TPSA) is 85.3 Å². The molecule has 0 aliphatic rings. The molecule has 0 atom stereocenters. The minimum absolute atomic E-state index is 0.0217. The lowest BCUT2D eigenvalue weighted by Crippen LogP contribution is -2.44. The Morgan fingerprint density at radius 2 is 1.90 bits per heavy atom. The van der Waals surface area contributed by atoms with Crippen LogP contribution in [0.5, 0.6) is 0 Å². The predicted molar refractivity (Wildman–Crippen MR) is 86.9 cm³/mol. The molecule has 1 rings (SSSR count). The van der Waals surface area contributed by atoms with Gasteiger partial charge in [0.1, 0.15) is 10.8 Å². The van der Waals surface area contributed by atoms with Crippen molar-refractivity contribution in [2.24, 2.45) is 5.41 Å². The zero-order valence-electron chi connectivity index (χ0n) is 13.4. The summed E-state index contributed by atoms with van der Waals surface area (Å²) in [5, 5.41) is 11.4. The Kier molecular flexibility index (Phi) is 4.73. The third-order valence-electron chi connectivity index (χ3n) is 3.34. The molecule has 0 spiro atoms. The number of nitrogens with zero attached hydrogens (tertiary/aromatic N) is 3. The molecule has 1 aromatic heterocycles. The lowest BCUT2D eigenvalue weighted by molar-refractivity contribution is -0.383. The van der Waals surface area contributed by atoms with Crippen LogP contribution < -0.4 is 10.6 Å². The van der Waals surface area contributed by atoms with Crippen LogP contribution in [0, 0.1) is 15.5 Å². The molecule has 7 heteroatoms. The number of aromatic nitrogens is 1. The first-order valence-corrected chi connectivity index (χ1v) is 7.07. The molecule has 0 saturated carbocycles. The maximum atomic E-state index is 11.3. The van der Waals surface area contributed by atoms with Crippen molar-refractivity contribution in [1.29, 1.82) is 0 Å². The maximum Gasteiger partial charge on any atom is 0.334 e. The predicted octanol–water partition coefficient (Wildman–Crippen LogP) is 3.88. The van der Waals surface area contributed by atoms with E-state index in [4.69, 9.17) is 17.3 Å². The van der Waals surface area contributed by atoms with Crippen LogP contribution in [0.3, 0.4) is 0 Å². The number of pyridine rings is 1. The second-order valence-corrected chi connectivity index (χ2v) is 7.46. The SMILES string of the molecule is CN(c1nc(Cl)cc(N)c1[N+](=O)[O-])C(C)(C)CC(C)(C)C. The van der Waals surface area contributed by atoms with Crippen LogP contribution in [0.2, 0.25) is 5.15 Å². The molecule has 0 unspecified atom stereocenters. The van der Waals surface area contributed by atoms with Crippen molar-refractivity contribution in [3.05, 3.63) is 21.3 Å². The Hall–Kier alpha value is -1.56. The van der Waals surface area contributed by atoms with E-state index in [0.717, 1.165) is 6.42 Å². The molecule has 21 heavy (non-hydrogen) atoms. The minimum atomic E-state index is -0.516. The summed E-state index contributed by atoms with van der Waals surface area (Å²) in [6, 6.07) is 1.30. The van der Waals surface area contributed by atoms with Gasteiger partial charge in [-0.25, -0.2) is 4.98 Å². The van der Waals surface area contributed by atoms with Gasteiger partial charge in [0.15, 0.2) is 0 Å². The third kappa shape index (κ3) is 4.20. The second kappa shape index (κ2) is 5.67. The fourth-order valence-corrected chi connectivity index (χ4v) is 2.83. The average molecular weight is 315 g/mol. The number of hydrogen-bond donors (Lipinski definition) is 1. The lowest BCUT2D eigenvalue weighted by atomic mass is 9.81. The standard InChI is InChI=1S/C14H23ClN4O2/c1-13(2,3)8-14(4,5)18(6)12-11(19(20)21)9(16)7-10(15)17-12/h7H,8H2,1-6H3,(H2,16,17). The first-order valence-electron chi connectivity index (χ1n) is 6.69. The van der Waals surface area contributed by atoms with E-state index < -0.39 is 4.92 Å². The fourth-order valence-electron chi connectivity index (χ4n) is 2.64. The van der Waals surface area contributed by atoms with Gasteiger partial charge in [-0.3, -0.25) is 10.1 Å². The molecule has 0 aliphatic carbocycles. The molecule has 1 heterocycles. The van der Waals surface area contributed by atoms with E-state index in [1.54, 1.807) is 11.9 Å². The van der Waals surface area contributed by atoms with Crippen LogP contribution in [0.25, 0.3) is 0 Å². The lowest BCUT2D eigenvalue weighted by Gasteiger charge is -2.40. The Morgan fingerprint density at radius 1 is 1.38 bits per heavy atom. The van der Waals surface area contributed by atoms with Crippen LogP contribution in [0.1, 0.15) is 41.0 Å². The van der Waals surface area contributed by atoms with Crippen LogP contribution in [-0.4, -0.2) is 22.5 Å². The molecule has 6 nitrogen and oxygen atoms in total. The van der Waals surface area contributed by atoms with Gasteiger partial charge in [0, 0.05) is 18.7 Å². The first kappa shape index (κ1) is 17.5. The Balaban J connectivity index is 3.35. The third-order valence-corrected chi connectivity index (χ3v) is 3.54. The van der Waals surface area contributed by atoms with E-state index in [1.807, 2.05) is 13.8 Å². The smallest absolute Gasteiger partial charge is 0.334 e. The highest BCUT2D eigenvalue weighted by Crippen LogP contribution is 2.39. The maximum absolute atomic E-state index is 11.3. The number of rotatable bonds is 4. The van der Waals surface area contributed by atoms with E-state index in [1.165, 1.54) is 6.07 Å². The van der Waals surface area contributed by atoms with Gasteiger partial charge in [0.2, 0.25) is 5.82 Å². The minimum Gasteiger partial charge on any atom is -0.393 e. The van der Waals surface area contributed by atoms with E-state index in [2.05, 4.69) is 25.8 Å². The van der Waals surface area contributed by atoms with Gasteiger partial charge in [-0.2, -0.15) is 0 Å². The van der Waals surface area contributed by atoms with Crippen LogP contribution >= 0.6 is 11.6 Å². The molecular formula is C14H23ClN4O2. The highest BCUT2D eigenvalue weighted by molar-refractivity contribution is 6.30. The molecule has 0 bridgehead atoms. The van der Waals surface area contributed by atoms with Crippen LogP contribution in [-0.2, 0) is 0 Å². The fraction of sp³-hybridized carbons (Fsp3) is 0.643. The van der Waals surface area contributed by atoms with Crippen molar-refractivity contribution in [2.75, 3.05) is 17.7 Å². The van der Waals surface area contributed by atoms with Crippen molar-refractivity contribution in [3.8, 4) is 0 Å². The van der Waals surface area contributed by atoms with E-state index >= 15 is 0 Å². The van der Waals surface area contributed by atoms with Gasteiger partial charge in [-0.1, -0.05) is 32.4 Å². The summed E-state index contributed by atoms with van der Waals surface area (Å²) in [4.78, 5) is 16.7. The second-order valence-electron chi connectivity index (χ2n) is 7.07. The van der Waals surface area contributed by atoms with Gasteiger partial charge in [0.05, 0.1) is 4.92 Å². The summed E-state index contributed by atoms with van der Waals surface area (Å²) in [6.45, 7) is 10.4. The van der Waals surface area contributed by atoms with Crippen LogP contribution in [0.4, 0.5) is 17.2 Å². The molecule has 0 amide bonds. The largest absolute Gasteiger partial charge is 0.393 e. The zero-order chi connectivity index (χ0) is 16.6. The normalized spacial score (nSPS) is 12.3. The Bertz CT molecular complexity index is 553. The van der Waals surface area contributed by atoms with Crippen molar-refractivity contribution >= 4 is 28.8 Å². The van der Waals surface area contributed by atoms with E-state index in [0.29, 0.717) is 0 Å². The summed E-state index contributed by atoms with van der Waals surface area (Å²) in [5.41, 5.74) is 5.28. The van der Waals surface area contributed by atoms with Crippen LogP contribution in [0.15, 0.2) is 6.07 Å². The molecule has 2 N–H and O–H groups in total. The van der Waals surface area contributed by atoms with Crippen molar-refractivity contribution in [2.45, 2.75) is 46.6 Å². The molecule has 0 fully saturated rings. The van der Waals surface area contributed by atoms with Gasteiger partial charge in [-0.15, -0.1) is 0 Å². The molecule has 0 aliphatic heterocycles. The van der Waals surface area contributed by atoms with Crippen molar-refractivity contribution < 1.29 is 4.92 Å². The molecule has 0 saturated heterocycles. The van der Waals surface area contributed by atoms with Gasteiger partial charge in [0.25, 0.3) is 0 Å². The van der Waals surface area contributed by atoms with E-state index in [-0.39, 0.29) is 33.3 Å². The molecule has 0 aromatic carbocycles. The number of nitro groups is 1. The summed E-state index contributed by atoms with van der Waals surface area (Å²) >= 11 is 5.91. The van der Waals surface area contributed by atoms with Crippen molar-refractivity contribution in [3.63, 3.8) is 0 Å². The van der Waals surface area contributed by atoms with Crippen molar-refractivity contribution in [1.82, 2.24) is 4.98 Å². The number of halogens is 1. The highest BCUT2D eigenvalue weighted by Gasteiger charge is 2.34. The Morgan fingerprint density at radius 3 is 2.33 bits per heavy atom. The zero-order valence-corrected chi connectivity index (χ0v) is 14.2. The summed E-state index contributed by atoms with van der Waals surface area (Å²) < 4.78 is 0.